The molecular formula is C16H25N3O2. The molecule has 2 rings (SSSR count). The Bertz CT molecular complexity index is 530. The molecule has 0 radical (unpaired) electrons. The van der Waals surface area contributed by atoms with E-state index >= 15 is 0 Å². The molecule has 2 N–H and O–H groups in total. The van der Waals surface area contributed by atoms with Crippen LogP contribution in [0.5, 0.6) is 0 Å². The minimum absolute atomic E-state index is 0.00491. The topological polar surface area (TPSA) is 58.8 Å². The zero-order valence-corrected chi connectivity index (χ0v) is 13.3. The molecular weight excluding hydrogens is 266 g/mol. The van der Waals surface area contributed by atoms with Crippen LogP contribution in [0.3, 0.4) is 0 Å². The highest BCUT2D eigenvalue weighted by atomic mass is 16.5. The molecule has 0 spiro atoms. The van der Waals surface area contributed by atoms with Crippen LogP contribution >= 0.6 is 0 Å². The number of nitrogens with zero attached hydrogens (tertiary/aromatic N) is 2. The Kier molecular flexibility index (Phi) is 4.42. The van der Waals surface area contributed by atoms with Crippen LogP contribution in [0.1, 0.15) is 30.1 Å². The second-order valence-electron chi connectivity index (χ2n) is 6.16. The molecule has 1 aliphatic rings. The first-order valence-corrected chi connectivity index (χ1v) is 7.27. The lowest BCUT2D eigenvalue weighted by Gasteiger charge is -2.41. The van der Waals surface area contributed by atoms with Crippen molar-refractivity contribution >= 4 is 17.3 Å². The smallest absolute Gasteiger partial charge is 0.255 e. The molecule has 1 amide bonds. The summed E-state index contributed by atoms with van der Waals surface area (Å²) in [7, 11) is 5.27. The van der Waals surface area contributed by atoms with Gasteiger partial charge < -0.3 is 20.3 Å². The summed E-state index contributed by atoms with van der Waals surface area (Å²) in [5.74, 6) is -0.00491. The summed E-state index contributed by atoms with van der Waals surface area (Å²) in [4.78, 5) is 16.2. The number of ether oxygens (including phenoxy) is 1. The Morgan fingerprint density at radius 2 is 2.14 bits per heavy atom. The van der Waals surface area contributed by atoms with E-state index in [1.54, 1.807) is 32.2 Å². The highest BCUT2D eigenvalue weighted by molar-refractivity contribution is 6.00. The van der Waals surface area contributed by atoms with Gasteiger partial charge in [-0.1, -0.05) is 0 Å². The third-order valence-electron chi connectivity index (χ3n) is 4.15. The van der Waals surface area contributed by atoms with E-state index in [9.17, 15) is 4.79 Å². The van der Waals surface area contributed by atoms with Gasteiger partial charge in [0.05, 0.1) is 16.9 Å². The molecule has 1 atom stereocenters. The minimum Gasteiger partial charge on any atom is -0.399 e. The molecule has 1 heterocycles. The lowest BCUT2D eigenvalue weighted by molar-refractivity contribution is -0.00470. The Labute approximate surface area is 126 Å². The second-order valence-corrected chi connectivity index (χ2v) is 6.16. The van der Waals surface area contributed by atoms with Gasteiger partial charge in [0.25, 0.3) is 5.91 Å². The Hall–Kier alpha value is -1.75. The summed E-state index contributed by atoms with van der Waals surface area (Å²) >= 11 is 0. The van der Waals surface area contributed by atoms with Crippen LogP contribution in [0.15, 0.2) is 18.2 Å². The van der Waals surface area contributed by atoms with E-state index in [4.69, 9.17) is 10.5 Å². The van der Waals surface area contributed by atoms with Gasteiger partial charge in [-0.05, 0) is 38.0 Å². The average Bonchev–Trinajstić information content (AvgIpc) is 2.46. The van der Waals surface area contributed by atoms with Gasteiger partial charge in [-0.2, -0.15) is 0 Å². The van der Waals surface area contributed by atoms with Crippen molar-refractivity contribution in [3.8, 4) is 0 Å². The maximum Gasteiger partial charge on any atom is 0.255 e. The van der Waals surface area contributed by atoms with Gasteiger partial charge in [0.15, 0.2) is 0 Å². The number of hydrogen-bond acceptors (Lipinski definition) is 4. The largest absolute Gasteiger partial charge is 0.399 e. The summed E-state index contributed by atoms with van der Waals surface area (Å²) < 4.78 is 5.64. The number of methoxy groups -OCH3 is 1. The van der Waals surface area contributed by atoms with Crippen LogP contribution in [0.2, 0.25) is 0 Å². The SMILES string of the molecule is COC1(C)CCCN(c2cc(N)ccc2C(=O)N(C)C)C1. The number of nitrogens with two attached hydrogens (primary N) is 1. The first-order valence-electron chi connectivity index (χ1n) is 7.27. The van der Waals surface area contributed by atoms with Crippen LogP contribution in [-0.2, 0) is 4.74 Å². The fourth-order valence-corrected chi connectivity index (χ4v) is 2.81. The number of anilines is 2. The van der Waals surface area contributed by atoms with Gasteiger partial charge in [0, 0.05) is 40.0 Å². The summed E-state index contributed by atoms with van der Waals surface area (Å²) in [6, 6.07) is 5.48. The normalized spacial score (nSPS) is 22.2. The van der Waals surface area contributed by atoms with E-state index in [0.717, 1.165) is 31.6 Å². The average molecular weight is 291 g/mol. The van der Waals surface area contributed by atoms with E-state index in [0.29, 0.717) is 11.3 Å². The molecule has 1 saturated heterocycles. The van der Waals surface area contributed by atoms with Crippen molar-refractivity contribution < 1.29 is 9.53 Å². The third kappa shape index (κ3) is 3.29. The molecule has 0 bridgehead atoms. The number of hydrogen-bond donors (Lipinski definition) is 1. The summed E-state index contributed by atoms with van der Waals surface area (Å²) in [6.07, 6.45) is 2.06. The van der Waals surface area contributed by atoms with E-state index in [1.807, 2.05) is 12.1 Å². The lowest BCUT2D eigenvalue weighted by Crippen LogP contribution is -2.48. The van der Waals surface area contributed by atoms with E-state index in [1.165, 1.54) is 0 Å². The van der Waals surface area contributed by atoms with Crippen LogP contribution < -0.4 is 10.6 Å². The fraction of sp³-hybridized carbons (Fsp3) is 0.562. The van der Waals surface area contributed by atoms with Gasteiger partial charge in [-0.15, -0.1) is 0 Å². The first kappa shape index (κ1) is 15.6. The van der Waals surface area contributed by atoms with Gasteiger partial charge in [-0.3, -0.25) is 4.79 Å². The zero-order valence-electron chi connectivity index (χ0n) is 13.3. The predicted octanol–water partition coefficient (Wildman–Crippen LogP) is 1.98. The van der Waals surface area contributed by atoms with Crippen LogP contribution in [-0.4, -0.2) is 50.7 Å². The fourth-order valence-electron chi connectivity index (χ4n) is 2.81. The van der Waals surface area contributed by atoms with Gasteiger partial charge >= 0.3 is 0 Å². The lowest BCUT2D eigenvalue weighted by atomic mass is 9.93. The molecule has 5 heteroatoms. The molecule has 1 aromatic carbocycles. The number of carbonyl (C=O) groups excluding carboxylic acids is 1. The number of piperidine rings is 1. The zero-order chi connectivity index (χ0) is 15.6. The molecule has 1 unspecified atom stereocenters. The van der Waals surface area contributed by atoms with Crippen LogP contribution in [0, 0.1) is 0 Å². The summed E-state index contributed by atoms with van der Waals surface area (Å²) in [5, 5.41) is 0. The molecule has 1 fully saturated rings. The first-order chi connectivity index (χ1) is 9.86. The van der Waals surface area contributed by atoms with Gasteiger partial charge in [0.1, 0.15) is 0 Å². The van der Waals surface area contributed by atoms with Crippen LogP contribution in [0.25, 0.3) is 0 Å². The Balaban J connectivity index is 2.38. The standard InChI is InChI=1S/C16H25N3O2/c1-16(21-4)8-5-9-19(11-16)14-10-12(17)6-7-13(14)15(20)18(2)3/h6-7,10H,5,8-9,11,17H2,1-4H3. The number of carbonyl (C=O) groups is 1. The maximum absolute atomic E-state index is 12.4. The van der Waals surface area contributed by atoms with Gasteiger partial charge in [-0.25, -0.2) is 0 Å². The number of amides is 1. The molecule has 1 aromatic rings. The Morgan fingerprint density at radius 1 is 1.43 bits per heavy atom. The van der Waals surface area contributed by atoms with Crippen molar-refractivity contribution in [3.63, 3.8) is 0 Å². The van der Waals surface area contributed by atoms with E-state index in [2.05, 4.69) is 11.8 Å². The molecule has 21 heavy (non-hydrogen) atoms. The number of rotatable bonds is 3. The molecule has 1 aliphatic heterocycles. The van der Waals surface area contributed by atoms with Crippen molar-refractivity contribution in [1.82, 2.24) is 4.90 Å². The van der Waals surface area contributed by atoms with Crippen molar-refractivity contribution in [3.05, 3.63) is 23.8 Å². The molecule has 0 aliphatic carbocycles. The van der Waals surface area contributed by atoms with Crippen molar-refractivity contribution in [1.29, 1.82) is 0 Å². The monoisotopic (exact) mass is 291 g/mol. The number of benzene rings is 1. The predicted molar refractivity (Wildman–Crippen MR) is 85.7 cm³/mol. The highest BCUT2D eigenvalue weighted by Gasteiger charge is 2.32. The van der Waals surface area contributed by atoms with Crippen molar-refractivity contribution in [2.24, 2.45) is 0 Å². The summed E-state index contributed by atoms with van der Waals surface area (Å²) in [6.45, 7) is 3.79. The van der Waals surface area contributed by atoms with E-state index in [-0.39, 0.29) is 11.5 Å². The van der Waals surface area contributed by atoms with Crippen LogP contribution in [0.4, 0.5) is 11.4 Å². The third-order valence-corrected chi connectivity index (χ3v) is 4.15. The number of nitrogen functional groups attached to an aromatic ring is 1. The molecule has 0 saturated carbocycles. The minimum atomic E-state index is -0.179. The maximum atomic E-state index is 12.4. The highest BCUT2D eigenvalue weighted by Crippen LogP contribution is 2.31. The van der Waals surface area contributed by atoms with Crippen molar-refractivity contribution in [2.75, 3.05) is 44.9 Å². The van der Waals surface area contributed by atoms with E-state index < -0.39 is 0 Å². The second kappa shape index (κ2) is 5.93. The van der Waals surface area contributed by atoms with Gasteiger partial charge in [0.2, 0.25) is 0 Å². The molecule has 0 aromatic heterocycles. The van der Waals surface area contributed by atoms with Crippen molar-refractivity contribution in [2.45, 2.75) is 25.4 Å². The Morgan fingerprint density at radius 3 is 2.76 bits per heavy atom. The molecule has 5 nitrogen and oxygen atoms in total. The quantitative estimate of drug-likeness (QED) is 0.865. The summed E-state index contributed by atoms with van der Waals surface area (Å²) in [5.41, 5.74) is 8.01. The molecule has 116 valence electrons.